The molecule has 0 saturated carbocycles. The van der Waals surface area contributed by atoms with E-state index in [-0.39, 0.29) is 41.2 Å². The summed E-state index contributed by atoms with van der Waals surface area (Å²) in [7, 11) is 1.73. The van der Waals surface area contributed by atoms with Crippen molar-refractivity contribution in [1.82, 2.24) is 14.7 Å². The molecule has 1 amide bonds. The molecular weight excluding hydrogens is 330 g/mol. The average Bonchev–Trinajstić information content (AvgIpc) is 3.09. The molecule has 1 aliphatic carbocycles. The van der Waals surface area contributed by atoms with Crippen molar-refractivity contribution in [1.29, 1.82) is 0 Å². The van der Waals surface area contributed by atoms with Crippen LogP contribution in [0.3, 0.4) is 0 Å². The lowest BCUT2D eigenvalue weighted by atomic mass is 9.72. The number of likely N-dealkylation sites (tertiary alicyclic amines) is 1. The van der Waals surface area contributed by atoms with E-state index in [1.807, 2.05) is 13.8 Å². The van der Waals surface area contributed by atoms with E-state index in [1.54, 1.807) is 18.1 Å². The Morgan fingerprint density at radius 1 is 1.38 bits per heavy atom. The maximum absolute atomic E-state index is 12.7. The molecule has 2 heterocycles. The summed E-state index contributed by atoms with van der Waals surface area (Å²) < 4.78 is 6.78. The zero-order valence-corrected chi connectivity index (χ0v) is 14.9. The van der Waals surface area contributed by atoms with Gasteiger partial charge in [-0.3, -0.25) is 14.3 Å². The number of rotatable bonds is 3. The third-order valence-electron chi connectivity index (χ3n) is 4.93. The molecule has 0 N–H and O–H groups in total. The van der Waals surface area contributed by atoms with Gasteiger partial charge in [-0.05, 0) is 24.7 Å². The number of ether oxygens (including phenoxy) is 1. The van der Waals surface area contributed by atoms with Gasteiger partial charge >= 0.3 is 5.97 Å². The van der Waals surface area contributed by atoms with Gasteiger partial charge in [0.1, 0.15) is 0 Å². The molecule has 6 nitrogen and oxygen atoms in total. The Labute approximate surface area is 146 Å². The maximum Gasteiger partial charge on any atom is 0.309 e. The first-order valence-corrected chi connectivity index (χ1v) is 8.63. The second kappa shape index (κ2) is 6.59. The molecule has 1 saturated heterocycles. The van der Waals surface area contributed by atoms with Crippen molar-refractivity contribution in [3.8, 4) is 0 Å². The summed E-state index contributed by atoms with van der Waals surface area (Å²) in [6.07, 6.45) is 5.80. The Morgan fingerprint density at radius 3 is 2.75 bits per heavy atom. The number of hydrogen-bond donors (Lipinski definition) is 0. The highest BCUT2D eigenvalue weighted by molar-refractivity contribution is 6.33. The number of aryl methyl sites for hydroxylation is 1. The Kier molecular flexibility index (Phi) is 4.67. The van der Waals surface area contributed by atoms with Crippen LogP contribution in [0.4, 0.5) is 0 Å². The first-order valence-electron chi connectivity index (χ1n) is 8.25. The van der Waals surface area contributed by atoms with Gasteiger partial charge < -0.3 is 9.64 Å². The summed E-state index contributed by atoms with van der Waals surface area (Å²) in [4.78, 5) is 26.8. The van der Waals surface area contributed by atoms with E-state index in [0.29, 0.717) is 24.7 Å². The molecule has 0 radical (unpaired) electrons. The molecule has 7 heteroatoms. The van der Waals surface area contributed by atoms with Crippen LogP contribution in [-0.4, -0.2) is 46.3 Å². The first-order chi connectivity index (χ1) is 11.4. The molecule has 24 heavy (non-hydrogen) atoms. The predicted molar refractivity (Wildman–Crippen MR) is 89.5 cm³/mol. The lowest BCUT2D eigenvalue weighted by Gasteiger charge is -2.31. The quantitative estimate of drug-likeness (QED) is 0.618. The van der Waals surface area contributed by atoms with Gasteiger partial charge in [-0.1, -0.05) is 30.7 Å². The average molecular weight is 352 g/mol. The molecule has 130 valence electrons. The summed E-state index contributed by atoms with van der Waals surface area (Å²) in [5.74, 6) is -0.207. The lowest BCUT2D eigenvalue weighted by Crippen LogP contribution is -2.37. The summed E-state index contributed by atoms with van der Waals surface area (Å²) in [5.41, 5.74) is 0.266. The number of aromatic nitrogens is 2. The second-order valence-corrected chi connectivity index (χ2v) is 6.97. The van der Waals surface area contributed by atoms with Crippen LogP contribution in [0.15, 0.2) is 18.3 Å². The van der Waals surface area contributed by atoms with Crippen LogP contribution in [-0.2, 0) is 16.6 Å². The van der Waals surface area contributed by atoms with E-state index in [2.05, 4.69) is 17.3 Å². The van der Waals surface area contributed by atoms with Crippen LogP contribution in [0.5, 0.6) is 0 Å². The number of esters is 1. The maximum atomic E-state index is 12.7. The zero-order valence-electron chi connectivity index (χ0n) is 14.1. The largest absolute Gasteiger partial charge is 0.466 e. The van der Waals surface area contributed by atoms with E-state index >= 15 is 0 Å². The smallest absolute Gasteiger partial charge is 0.309 e. The Bertz CT molecular complexity index is 685. The normalized spacial score (nSPS) is 28.8. The van der Waals surface area contributed by atoms with Gasteiger partial charge in [0.25, 0.3) is 5.91 Å². The molecule has 0 aromatic carbocycles. The van der Waals surface area contributed by atoms with E-state index in [4.69, 9.17) is 16.3 Å². The third-order valence-corrected chi connectivity index (χ3v) is 5.21. The number of halogens is 1. The minimum absolute atomic E-state index is 0.0792. The molecule has 0 bridgehead atoms. The molecule has 1 aromatic heterocycles. The van der Waals surface area contributed by atoms with Crippen LogP contribution in [0.25, 0.3) is 0 Å². The van der Waals surface area contributed by atoms with E-state index < -0.39 is 0 Å². The minimum Gasteiger partial charge on any atom is -0.466 e. The highest BCUT2D eigenvalue weighted by Crippen LogP contribution is 2.40. The van der Waals surface area contributed by atoms with Gasteiger partial charge in [-0.15, -0.1) is 0 Å². The fraction of sp³-hybridized carbons (Fsp3) is 0.588. The van der Waals surface area contributed by atoms with Gasteiger partial charge in [-0.25, -0.2) is 0 Å². The molecule has 4 atom stereocenters. The van der Waals surface area contributed by atoms with Crippen molar-refractivity contribution in [2.75, 3.05) is 19.7 Å². The van der Waals surface area contributed by atoms with Crippen LogP contribution >= 0.6 is 11.6 Å². The van der Waals surface area contributed by atoms with Gasteiger partial charge in [0, 0.05) is 26.3 Å². The second-order valence-electron chi connectivity index (χ2n) is 6.56. The fourth-order valence-electron chi connectivity index (χ4n) is 3.81. The number of fused-ring (bicyclic) bond motifs is 1. The Morgan fingerprint density at radius 2 is 2.12 bits per heavy atom. The van der Waals surface area contributed by atoms with Crippen molar-refractivity contribution in [3.05, 3.63) is 29.1 Å². The highest BCUT2D eigenvalue weighted by atomic mass is 35.5. The third kappa shape index (κ3) is 2.95. The predicted octanol–water partition coefficient (Wildman–Crippen LogP) is 2.15. The topological polar surface area (TPSA) is 64.4 Å². The van der Waals surface area contributed by atoms with Crippen LogP contribution in [0, 0.1) is 23.7 Å². The number of hydrogen-bond acceptors (Lipinski definition) is 4. The monoisotopic (exact) mass is 351 g/mol. The van der Waals surface area contributed by atoms with Gasteiger partial charge in [0.2, 0.25) is 0 Å². The summed E-state index contributed by atoms with van der Waals surface area (Å²) in [6, 6.07) is 0. The number of nitrogens with zero attached hydrogens (tertiary/aromatic N) is 3. The molecule has 0 spiro atoms. The lowest BCUT2D eigenvalue weighted by molar-refractivity contribution is -0.152. The van der Waals surface area contributed by atoms with Crippen molar-refractivity contribution < 1.29 is 14.3 Å². The number of carbonyl (C=O) groups is 2. The molecule has 1 aliphatic heterocycles. The summed E-state index contributed by atoms with van der Waals surface area (Å²) in [6.45, 7) is 5.31. The Hall–Kier alpha value is -1.82. The number of allylic oxidation sites excluding steroid dienone is 1. The van der Waals surface area contributed by atoms with Gasteiger partial charge in [0.05, 0.1) is 17.5 Å². The molecule has 1 fully saturated rings. The van der Waals surface area contributed by atoms with Crippen molar-refractivity contribution in [2.24, 2.45) is 30.7 Å². The van der Waals surface area contributed by atoms with Crippen LogP contribution < -0.4 is 0 Å². The van der Waals surface area contributed by atoms with E-state index in [9.17, 15) is 9.59 Å². The minimum atomic E-state index is -0.211. The number of carbonyl (C=O) groups excluding carboxylic acids is 2. The van der Waals surface area contributed by atoms with E-state index in [0.717, 1.165) is 0 Å². The standard InChI is InChI=1S/C17H22ClN3O3/c1-4-24-17(23)14-10(2)5-6-11-7-21(8-12(11)14)16(22)15-13(18)9-20(3)19-15/h5-6,9-12,14H,4,7-8H2,1-3H3/t10-,11-,12-,14-/m0/s1. The van der Waals surface area contributed by atoms with E-state index in [1.165, 1.54) is 4.68 Å². The van der Waals surface area contributed by atoms with Crippen LogP contribution in [0.2, 0.25) is 5.02 Å². The number of amides is 1. The highest BCUT2D eigenvalue weighted by Gasteiger charge is 2.46. The van der Waals surface area contributed by atoms with Crippen molar-refractivity contribution in [2.45, 2.75) is 13.8 Å². The van der Waals surface area contributed by atoms with Crippen LogP contribution in [0.1, 0.15) is 24.3 Å². The molecule has 2 aliphatic rings. The summed E-state index contributed by atoms with van der Waals surface area (Å²) >= 11 is 6.10. The van der Waals surface area contributed by atoms with Crippen molar-refractivity contribution >= 4 is 23.5 Å². The zero-order chi connectivity index (χ0) is 17.4. The SMILES string of the molecule is CCOC(=O)[C@@H]1[C@H]2CN(C(=O)c3nn(C)cc3Cl)C[C@@H]2C=C[C@@H]1C. The van der Waals surface area contributed by atoms with Gasteiger partial charge in [-0.2, -0.15) is 5.10 Å². The molecule has 3 rings (SSSR count). The fourth-order valence-corrected chi connectivity index (χ4v) is 4.07. The molecule has 0 unspecified atom stereocenters. The molecular formula is C17H22ClN3O3. The summed E-state index contributed by atoms with van der Waals surface area (Å²) in [5, 5.41) is 4.50. The Balaban J connectivity index is 1.80. The van der Waals surface area contributed by atoms with Crippen molar-refractivity contribution in [3.63, 3.8) is 0 Å². The van der Waals surface area contributed by atoms with Gasteiger partial charge in [0.15, 0.2) is 5.69 Å². The first kappa shape index (κ1) is 17.0. The molecule has 1 aromatic rings.